The quantitative estimate of drug-likeness (QED) is 0.677. The number of hydrogen-bond acceptors (Lipinski definition) is 1. The van der Waals surface area contributed by atoms with E-state index in [0.29, 0.717) is 0 Å². The molecule has 0 spiro atoms. The fourth-order valence-corrected chi connectivity index (χ4v) is 6.05. The molecule has 0 radical (unpaired) electrons. The minimum atomic E-state index is -2.69. The van der Waals surface area contributed by atoms with Crippen molar-refractivity contribution >= 4 is 13.3 Å². The topological polar surface area (TPSA) is 35.1 Å². The lowest BCUT2D eigenvalue weighted by molar-refractivity contribution is 0.475. The van der Waals surface area contributed by atoms with Crippen LogP contribution in [0.1, 0.15) is 27.7 Å². The van der Waals surface area contributed by atoms with E-state index in [1.807, 2.05) is 30.3 Å². The van der Waals surface area contributed by atoms with Crippen molar-refractivity contribution in [1.29, 1.82) is 0 Å². The highest BCUT2D eigenvalue weighted by molar-refractivity contribution is 7.61. The standard InChI is InChI=1S/C14H22N3OP/c1-13(2)10-16(13)19(18,17-11-14(17,3)4)15-12-8-6-5-7-9-12/h5-9H,10-11H2,1-4H3,(H,15,18). The average Bonchev–Trinajstić information content (AvgIpc) is 3.16. The average molecular weight is 279 g/mol. The van der Waals surface area contributed by atoms with Crippen LogP contribution in [0.25, 0.3) is 0 Å². The summed E-state index contributed by atoms with van der Waals surface area (Å²) in [5.74, 6) is 0. The van der Waals surface area contributed by atoms with Crippen LogP contribution in [0.3, 0.4) is 0 Å². The highest BCUT2D eigenvalue weighted by Crippen LogP contribution is 2.68. The van der Waals surface area contributed by atoms with E-state index >= 15 is 0 Å². The van der Waals surface area contributed by atoms with E-state index in [-0.39, 0.29) is 11.1 Å². The maximum Gasteiger partial charge on any atom is 0.309 e. The molecule has 104 valence electrons. The SMILES string of the molecule is CC1(C)CN1P(=O)(Nc1ccccc1)N1CC1(C)C. The van der Waals surface area contributed by atoms with Crippen LogP contribution in [0.15, 0.2) is 30.3 Å². The van der Waals surface area contributed by atoms with Gasteiger partial charge in [0.15, 0.2) is 0 Å². The van der Waals surface area contributed by atoms with Crippen LogP contribution < -0.4 is 5.09 Å². The molecule has 2 aliphatic heterocycles. The fourth-order valence-electron chi connectivity index (χ4n) is 2.52. The zero-order chi connectivity index (χ0) is 13.9. The lowest BCUT2D eigenvalue weighted by Gasteiger charge is -2.26. The largest absolute Gasteiger partial charge is 0.312 e. The first-order chi connectivity index (χ1) is 8.76. The number of para-hydroxylation sites is 1. The summed E-state index contributed by atoms with van der Waals surface area (Å²) >= 11 is 0. The third kappa shape index (κ3) is 2.22. The van der Waals surface area contributed by atoms with Crippen molar-refractivity contribution in [1.82, 2.24) is 9.34 Å². The van der Waals surface area contributed by atoms with Crippen LogP contribution in [0.2, 0.25) is 0 Å². The Kier molecular flexibility index (Phi) is 2.66. The first kappa shape index (κ1) is 13.2. The monoisotopic (exact) mass is 279 g/mol. The van der Waals surface area contributed by atoms with Crippen LogP contribution >= 0.6 is 7.59 Å². The summed E-state index contributed by atoms with van der Waals surface area (Å²) in [5, 5.41) is 3.30. The van der Waals surface area contributed by atoms with Gasteiger partial charge in [-0.15, -0.1) is 0 Å². The molecule has 5 heteroatoms. The number of nitrogens with zero attached hydrogens (tertiary/aromatic N) is 2. The summed E-state index contributed by atoms with van der Waals surface area (Å²) in [7, 11) is -2.69. The molecule has 2 heterocycles. The Morgan fingerprint density at radius 3 is 1.79 bits per heavy atom. The van der Waals surface area contributed by atoms with Gasteiger partial charge in [0.05, 0.1) is 0 Å². The molecule has 0 saturated carbocycles. The van der Waals surface area contributed by atoms with Crippen molar-refractivity contribution in [3.63, 3.8) is 0 Å². The Hall–Kier alpha value is -0.830. The van der Waals surface area contributed by atoms with Crippen molar-refractivity contribution in [3.05, 3.63) is 30.3 Å². The van der Waals surface area contributed by atoms with Crippen LogP contribution in [0, 0.1) is 0 Å². The van der Waals surface area contributed by atoms with E-state index in [9.17, 15) is 4.57 Å². The molecule has 2 unspecified atom stereocenters. The van der Waals surface area contributed by atoms with Crippen molar-refractivity contribution in [2.45, 2.75) is 38.8 Å². The van der Waals surface area contributed by atoms with Gasteiger partial charge in [-0.25, -0.2) is 9.34 Å². The Bertz CT molecular complexity index is 515. The van der Waals surface area contributed by atoms with Gasteiger partial charge in [0.25, 0.3) is 0 Å². The molecule has 3 rings (SSSR count). The predicted molar refractivity (Wildman–Crippen MR) is 79.2 cm³/mol. The number of nitrogens with one attached hydrogen (secondary N) is 1. The van der Waals surface area contributed by atoms with Gasteiger partial charge in [0.1, 0.15) is 0 Å². The molecule has 1 aromatic carbocycles. The summed E-state index contributed by atoms with van der Waals surface area (Å²) < 4.78 is 17.7. The second kappa shape index (κ2) is 3.85. The Balaban J connectivity index is 1.88. The second-order valence-electron chi connectivity index (χ2n) is 6.76. The fraction of sp³-hybridized carbons (Fsp3) is 0.571. The number of anilines is 1. The lowest BCUT2D eigenvalue weighted by atomic mass is 10.2. The van der Waals surface area contributed by atoms with Crippen molar-refractivity contribution in [3.8, 4) is 0 Å². The second-order valence-corrected chi connectivity index (χ2v) is 9.04. The summed E-state index contributed by atoms with van der Waals surface area (Å²) in [6, 6.07) is 9.85. The summed E-state index contributed by atoms with van der Waals surface area (Å²) in [6.45, 7) is 10.3. The third-order valence-electron chi connectivity index (χ3n) is 3.97. The van der Waals surface area contributed by atoms with Gasteiger partial charge in [-0.1, -0.05) is 18.2 Å². The maximum atomic E-state index is 13.5. The van der Waals surface area contributed by atoms with Gasteiger partial charge in [-0.3, -0.25) is 4.57 Å². The lowest BCUT2D eigenvalue weighted by Crippen LogP contribution is -2.21. The molecule has 4 nitrogen and oxygen atoms in total. The number of rotatable bonds is 4. The van der Waals surface area contributed by atoms with Crippen LogP contribution in [0.5, 0.6) is 0 Å². The van der Waals surface area contributed by atoms with Gasteiger partial charge in [0.2, 0.25) is 0 Å². The Morgan fingerprint density at radius 2 is 1.42 bits per heavy atom. The van der Waals surface area contributed by atoms with Crippen LogP contribution in [-0.2, 0) is 4.57 Å². The summed E-state index contributed by atoms with van der Waals surface area (Å²) in [5.41, 5.74) is 1.00. The molecule has 0 aliphatic carbocycles. The molecule has 19 heavy (non-hydrogen) atoms. The number of hydrogen-bond donors (Lipinski definition) is 1. The minimum absolute atomic E-state index is 0.0377. The zero-order valence-electron chi connectivity index (χ0n) is 12.1. The molecule has 1 aromatic rings. The van der Waals surface area contributed by atoms with E-state index in [1.165, 1.54) is 0 Å². The van der Waals surface area contributed by atoms with Gasteiger partial charge in [-0.2, -0.15) is 0 Å². The highest BCUT2D eigenvalue weighted by atomic mass is 31.2. The van der Waals surface area contributed by atoms with Crippen molar-refractivity contribution in [2.75, 3.05) is 18.2 Å². The molecule has 2 saturated heterocycles. The highest BCUT2D eigenvalue weighted by Gasteiger charge is 2.64. The van der Waals surface area contributed by atoms with E-state index in [1.54, 1.807) is 0 Å². The molecule has 2 fully saturated rings. The van der Waals surface area contributed by atoms with Crippen LogP contribution in [0.4, 0.5) is 5.69 Å². The maximum absolute atomic E-state index is 13.5. The molecular weight excluding hydrogens is 257 g/mol. The Morgan fingerprint density at radius 1 is 1.00 bits per heavy atom. The number of benzene rings is 1. The smallest absolute Gasteiger partial charge is 0.309 e. The van der Waals surface area contributed by atoms with Gasteiger partial charge in [0, 0.05) is 29.9 Å². The van der Waals surface area contributed by atoms with Crippen molar-refractivity contribution < 1.29 is 4.57 Å². The van der Waals surface area contributed by atoms with E-state index in [4.69, 9.17) is 0 Å². The third-order valence-corrected chi connectivity index (χ3v) is 7.19. The van der Waals surface area contributed by atoms with Gasteiger partial charge in [-0.05, 0) is 39.8 Å². The van der Waals surface area contributed by atoms with Gasteiger partial charge >= 0.3 is 7.59 Å². The normalized spacial score (nSPS) is 33.3. The molecule has 1 N–H and O–H groups in total. The molecule has 2 atom stereocenters. The molecular formula is C14H22N3OP. The van der Waals surface area contributed by atoms with Crippen LogP contribution in [-0.4, -0.2) is 33.5 Å². The van der Waals surface area contributed by atoms with E-state index in [0.717, 1.165) is 18.8 Å². The summed E-state index contributed by atoms with van der Waals surface area (Å²) in [4.78, 5) is 0. The minimum Gasteiger partial charge on any atom is -0.312 e. The zero-order valence-corrected chi connectivity index (χ0v) is 12.9. The Labute approximate surface area is 115 Å². The molecule has 2 aliphatic rings. The first-order valence-corrected chi connectivity index (χ1v) is 8.37. The summed E-state index contributed by atoms with van der Waals surface area (Å²) in [6.07, 6.45) is 0. The first-order valence-electron chi connectivity index (χ1n) is 6.75. The van der Waals surface area contributed by atoms with E-state index < -0.39 is 7.59 Å². The van der Waals surface area contributed by atoms with Crippen molar-refractivity contribution in [2.24, 2.45) is 0 Å². The van der Waals surface area contributed by atoms with Gasteiger partial charge < -0.3 is 5.09 Å². The van der Waals surface area contributed by atoms with E-state index in [2.05, 4.69) is 42.1 Å². The molecule has 0 amide bonds. The molecule has 0 bridgehead atoms. The molecule has 0 aromatic heterocycles. The predicted octanol–water partition coefficient (Wildman–Crippen LogP) is 3.40.